The van der Waals surface area contributed by atoms with Crippen LogP contribution in [0.2, 0.25) is 0 Å². The van der Waals surface area contributed by atoms with Gasteiger partial charge < -0.3 is 0 Å². The smallest absolute Gasteiger partial charge is 0.0735 e. The molecule has 11 heavy (non-hydrogen) atoms. The lowest BCUT2D eigenvalue weighted by Crippen LogP contribution is -1.99. The van der Waals surface area contributed by atoms with E-state index in [0.29, 0.717) is 12.3 Å². The molecule has 1 heterocycles. The van der Waals surface area contributed by atoms with Gasteiger partial charge in [0.1, 0.15) is 0 Å². The minimum absolute atomic E-state index is 0.630. The third-order valence-electron chi connectivity index (χ3n) is 1.82. The molecule has 1 aliphatic heterocycles. The number of thiol groups is 1. The summed E-state index contributed by atoms with van der Waals surface area (Å²) in [7, 11) is -1.30. The number of hydrogen-bond donors (Lipinski definition) is 1. The van der Waals surface area contributed by atoms with Crippen LogP contribution < -0.4 is 0 Å². The summed E-state index contributed by atoms with van der Waals surface area (Å²) in [6.45, 7) is 0.630. The molecular formula is C8H9NOS. The summed E-state index contributed by atoms with van der Waals surface area (Å²) in [5, 5.41) is 0. The van der Waals surface area contributed by atoms with Crippen LogP contribution in [-0.2, 0) is 22.9 Å². The van der Waals surface area contributed by atoms with Crippen LogP contribution in [0.4, 0.5) is 0 Å². The van der Waals surface area contributed by atoms with Crippen LogP contribution in [0, 0.1) is 0 Å². The molecule has 58 valence electrons. The highest BCUT2D eigenvalue weighted by Crippen LogP contribution is 2.15. The van der Waals surface area contributed by atoms with E-state index in [2.05, 4.69) is 4.36 Å². The molecule has 3 heteroatoms. The predicted molar refractivity (Wildman–Crippen MR) is 45.8 cm³/mol. The molecule has 0 saturated carbocycles. The van der Waals surface area contributed by atoms with Crippen molar-refractivity contribution in [2.45, 2.75) is 12.3 Å². The van der Waals surface area contributed by atoms with Crippen molar-refractivity contribution in [3.05, 3.63) is 35.4 Å². The van der Waals surface area contributed by atoms with E-state index in [-0.39, 0.29) is 0 Å². The summed E-state index contributed by atoms with van der Waals surface area (Å²) in [6, 6.07) is 8.04. The van der Waals surface area contributed by atoms with Gasteiger partial charge in [-0.25, -0.2) is 4.36 Å². The van der Waals surface area contributed by atoms with Crippen molar-refractivity contribution in [1.82, 2.24) is 0 Å². The van der Waals surface area contributed by atoms with E-state index < -0.39 is 10.6 Å². The average Bonchev–Trinajstić information content (AvgIpc) is 2.04. The second-order valence-electron chi connectivity index (χ2n) is 2.58. The molecule has 1 aromatic carbocycles. The molecule has 1 unspecified atom stereocenters. The molecule has 0 amide bonds. The molecular weight excluding hydrogens is 158 g/mol. The van der Waals surface area contributed by atoms with E-state index in [1.165, 1.54) is 11.1 Å². The van der Waals surface area contributed by atoms with Crippen molar-refractivity contribution >= 4 is 10.6 Å². The van der Waals surface area contributed by atoms with Gasteiger partial charge in [0.15, 0.2) is 0 Å². The van der Waals surface area contributed by atoms with Crippen LogP contribution in [-0.4, -0.2) is 4.21 Å². The van der Waals surface area contributed by atoms with Gasteiger partial charge in [0, 0.05) is 10.6 Å². The first kappa shape index (κ1) is 6.85. The van der Waals surface area contributed by atoms with E-state index in [1.807, 2.05) is 24.3 Å². The van der Waals surface area contributed by atoms with E-state index in [9.17, 15) is 4.21 Å². The minimum atomic E-state index is -1.30. The van der Waals surface area contributed by atoms with Crippen molar-refractivity contribution < 1.29 is 4.21 Å². The van der Waals surface area contributed by atoms with Crippen molar-refractivity contribution in [1.29, 1.82) is 0 Å². The molecule has 0 saturated heterocycles. The lowest BCUT2D eigenvalue weighted by atomic mass is 10.1. The lowest BCUT2D eigenvalue weighted by Gasteiger charge is -2.08. The zero-order valence-corrected chi connectivity index (χ0v) is 6.92. The normalized spacial score (nSPS) is 22.0. The maximum atomic E-state index is 11.0. The van der Waals surface area contributed by atoms with Crippen LogP contribution in [0.15, 0.2) is 28.6 Å². The predicted octanol–water partition coefficient (Wildman–Crippen LogP) is 1.36. The second kappa shape index (κ2) is 2.66. The van der Waals surface area contributed by atoms with Crippen molar-refractivity contribution in [3.8, 4) is 0 Å². The molecule has 0 spiro atoms. The first-order valence-corrected chi connectivity index (χ1v) is 4.95. The maximum absolute atomic E-state index is 11.0. The topological polar surface area (TPSA) is 29.4 Å². The Hall–Kier alpha value is -0.830. The van der Waals surface area contributed by atoms with Crippen LogP contribution in [0.5, 0.6) is 0 Å². The van der Waals surface area contributed by atoms with Gasteiger partial charge in [0.05, 0.1) is 12.3 Å². The Bertz CT molecular complexity index is 353. The standard InChI is InChI=1S/C8H9NOS/c10-11-6-8-4-2-1-3-7(8)5-9-11/h1-4,11H,5-6H2. The van der Waals surface area contributed by atoms with Gasteiger partial charge in [-0.2, -0.15) is 0 Å². The summed E-state index contributed by atoms with van der Waals surface area (Å²) in [6.07, 6.45) is 0. The molecule has 2 rings (SSSR count). The second-order valence-corrected chi connectivity index (χ2v) is 3.88. The molecule has 2 nitrogen and oxygen atoms in total. The third-order valence-corrected chi connectivity index (χ3v) is 2.89. The van der Waals surface area contributed by atoms with Gasteiger partial charge in [-0.1, -0.05) is 24.3 Å². The van der Waals surface area contributed by atoms with E-state index in [4.69, 9.17) is 0 Å². The van der Waals surface area contributed by atoms with Crippen LogP contribution in [0.3, 0.4) is 0 Å². The highest BCUT2D eigenvalue weighted by atomic mass is 32.2. The Morgan fingerprint density at radius 3 is 2.82 bits per heavy atom. The fraction of sp³-hybridized carbons (Fsp3) is 0.250. The maximum Gasteiger partial charge on any atom is 0.0735 e. The molecule has 0 N–H and O–H groups in total. The van der Waals surface area contributed by atoms with Gasteiger partial charge in [-0.05, 0) is 11.1 Å². The molecule has 0 fully saturated rings. The number of nitrogens with zero attached hydrogens (tertiary/aromatic N) is 1. The molecule has 0 bridgehead atoms. The fourth-order valence-corrected chi connectivity index (χ4v) is 2.23. The Balaban J connectivity index is 2.49. The third kappa shape index (κ3) is 1.28. The monoisotopic (exact) mass is 167 g/mol. The highest BCUT2D eigenvalue weighted by molar-refractivity contribution is 7.74. The van der Waals surface area contributed by atoms with Gasteiger partial charge in [-0.15, -0.1) is 0 Å². The fourth-order valence-electron chi connectivity index (χ4n) is 1.22. The van der Waals surface area contributed by atoms with Gasteiger partial charge in [0.2, 0.25) is 0 Å². The molecule has 1 atom stereocenters. The van der Waals surface area contributed by atoms with E-state index in [0.717, 1.165) is 0 Å². The van der Waals surface area contributed by atoms with E-state index >= 15 is 0 Å². The van der Waals surface area contributed by atoms with Crippen molar-refractivity contribution in [2.75, 3.05) is 0 Å². The first-order valence-electron chi connectivity index (χ1n) is 3.55. The molecule has 0 aromatic heterocycles. The number of fused-ring (bicyclic) bond motifs is 1. The Morgan fingerprint density at radius 2 is 2.00 bits per heavy atom. The Morgan fingerprint density at radius 1 is 1.27 bits per heavy atom. The SMILES string of the molecule is O=[SH]1=NCc2ccccc2C1. The lowest BCUT2D eigenvalue weighted by molar-refractivity contribution is 0.684. The Labute approximate surface area is 67.5 Å². The Kier molecular flexibility index (Phi) is 1.66. The first-order chi connectivity index (χ1) is 5.36. The molecule has 0 aliphatic carbocycles. The molecule has 1 aromatic rings. The van der Waals surface area contributed by atoms with Crippen LogP contribution in [0.25, 0.3) is 0 Å². The summed E-state index contributed by atoms with van der Waals surface area (Å²) in [4.78, 5) is 0. The van der Waals surface area contributed by atoms with Crippen molar-refractivity contribution in [3.63, 3.8) is 0 Å². The number of benzene rings is 1. The molecule has 0 radical (unpaired) electrons. The number of hydrogen-bond acceptors (Lipinski definition) is 2. The largest absolute Gasteiger partial charge is 0.252 e. The summed E-state index contributed by atoms with van der Waals surface area (Å²) >= 11 is 0. The number of rotatable bonds is 0. The van der Waals surface area contributed by atoms with Gasteiger partial charge >= 0.3 is 0 Å². The zero-order chi connectivity index (χ0) is 7.68. The van der Waals surface area contributed by atoms with E-state index in [1.54, 1.807) is 0 Å². The quantitative estimate of drug-likeness (QED) is 0.581. The minimum Gasteiger partial charge on any atom is -0.252 e. The van der Waals surface area contributed by atoms with Gasteiger partial charge in [0.25, 0.3) is 0 Å². The highest BCUT2D eigenvalue weighted by Gasteiger charge is 2.05. The summed E-state index contributed by atoms with van der Waals surface area (Å²) < 4.78 is 15.0. The zero-order valence-electron chi connectivity index (χ0n) is 6.03. The van der Waals surface area contributed by atoms with Crippen LogP contribution in [0.1, 0.15) is 11.1 Å². The van der Waals surface area contributed by atoms with Crippen molar-refractivity contribution in [2.24, 2.45) is 4.36 Å². The van der Waals surface area contributed by atoms with Crippen LogP contribution >= 0.6 is 0 Å². The summed E-state index contributed by atoms with van der Waals surface area (Å²) in [5.41, 5.74) is 2.42. The summed E-state index contributed by atoms with van der Waals surface area (Å²) in [5.74, 6) is 0.630. The molecule has 1 aliphatic rings. The van der Waals surface area contributed by atoms with Gasteiger partial charge in [-0.3, -0.25) is 4.21 Å². The average molecular weight is 167 g/mol.